The number of carbonyl (C=O) groups is 1. The first-order valence-electron chi connectivity index (χ1n) is 6.34. The first kappa shape index (κ1) is 17.4. The van der Waals surface area contributed by atoms with Crippen LogP contribution in [0.4, 0.5) is 0 Å². The first-order chi connectivity index (χ1) is 9.15. The van der Waals surface area contributed by atoms with Gasteiger partial charge in [-0.15, -0.1) is 0 Å². The summed E-state index contributed by atoms with van der Waals surface area (Å²) in [6, 6.07) is 4.04. The van der Waals surface area contributed by atoms with Gasteiger partial charge in [-0.05, 0) is 13.5 Å². The lowest BCUT2D eigenvalue weighted by Gasteiger charge is -2.24. The zero-order valence-electron chi connectivity index (χ0n) is 11.8. The van der Waals surface area contributed by atoms with Crippen LogP contribution in [0.3, 0.4) is 0 Å². The lowest BCUT2D eigenvalue weighted by Crippen LogP contribution is -2.40. The summed E-state index contributed by atoms with van der Waals surface area (Å²) < 4.78 is 4.96. The Morgan fingerprint density at radius 3 is 2.21 bits per heavy atom. The molecular weight excluding hydrogens is 244 g/mol. The molecule has 6 heteroatoms. The molecule has 0 aromatic heterocycles. The third-order valence-electron chi connectivity index (χ3n) is 2.63. The molecular formula is C13H22N4O2. The summed E-state index contributed by atoms with van der Waals surface area (Å²) in [4.78, 5) is 15.5. The molecule has 0 radical (unpaired) electrons. The molecule has 0 aliphatic heterocycles. The van der Waals surface area contributed by atoms with E-state index in [-0.39, 0.29) is 5.91 Å². The van der Waals surface area contributed by atoms with E-state index in [1.54, 1.807) is 12.0 Å². The number of ether oxygens (including phenoxy) is 1. The summed E-state index contributed by atoms with van der Waals surface area (Å²) in [5.41, 5.74) is 0. The fourth-order valence-electron chi connectivity index (χ4n) is 1.62. The molecule has 0 aliphatic carbocycles. The second kappa shape index (κ2) is 11.5. The SMILES string of the molecule is COCCCN(C)CC(=O)N(CCC#N)CCC#N. The molecule has 0 aliphatic rings. The van der Waals surface area contributed by atoms with Gasteiger partial charge in [0.2, 0.25) is 5.91 Å². The molecule has 0 spiro atoms. The Morgan fingerprint density at radius 2 is 1.74 bits per heavy atom. The van der Waals surface area contributed by atoms with Gasteiger partial charge in [-0.2, -0.15) is 10.5 Å². The monoisotopic (exact) mass is 266 g/mol. The second-order valence-electron chi connectivity index (χ2n) is 4.28. The van der Waals surface area contributed by atoms with E-state index in [4.69, 9.17) is 15.3 Å². The highest BCUT2D eigenvalue weighted by molar-refractivity contribution is 5.78. The fraction of sp³-hybridized carbons (Fsp3) is 0.769. The maximum Gasteiger partial charge on any atom is 0.236 e. The zero-order valence-corrected chi connectivity index (χ0v) is 11.8. The molecule has 0 bridgehead atoms. The topological polar surface area (TPSA) is 80.4 Å². The molecule has 0 aromatic carbocycles. The van der Waals surface area contributed by atoms with Crippen LogP contribution in [-0.4, -0.2) is 62.7 Å². The number of hydrogen-bond donors (Lipinski definition) is 0. The minimum absolute atomic E-state index is 0.0367. The van der Waals surface area contributed by atoms with Crippen molar-refractivity contribution >= 4 is 5.91 Å². The van der Waals surface area contributed by atoms with E-state index in [0.29, 0.717) is 39.1 Å². The highest BCUT2D eigenvalue weighted by atomic mass is 16.5. The maximum absolute atomic E-state index is 12.0. The zero-order chi connectivity index (χ0) is 14.5. The van der Waals surface area contributed by atoms with Crippen molar-refractivity contribution in [3.63, 3.8) is 0 Å². The molecule has 1 amide bonds. The Bertz CT molecular complexity index is 315. The Morgan fingerprint density at radius 1 is 1.16 bits per heavy atom. The van der Waals surface area contributed by atoms with Crippen molar-refractivity contribution < 1.29 is 9.53 Å². The summed E-state index contributed by atoms with van der Waals surface area (Å²) >= 11 is 0. The molecule has 0 heterocycles. The van der Waals surface area contributed by atoms with E-state index >= 15 is 0 Å². The van der Waals surface area contributed by atoms with Crippen LogP contribution in [0.25, 0.3) is 0 Å². The summed E-state index contributed by atoms with van der Waals surface area (Å²) in [7, 11) is 3.52. The average molecular weight is 266 g/mol. The maximum atomic E-state index is 12.0. The molecule has 0 N–H and O–H groups in total. The van der Waals surface area contributed by atoms with Gasteiger partial charge < -0.3 is 9.64 Å². The quantitative estimate of drug-likeness (QED) is 0.541. The van der Waals surface area contributed by atoms with Crippen LogP contribution in [-0.2, 0) is 9.53 Å². The third kappa shape index (κ3) is 9.01. The van der Waals surface area contributed by atoms with Crippen molar-refractivity contribution in [1.29, 1.82) is 10.5 Å². The standard InChI is InChI=1S/C13H22N4O2/c1-16(8-5-11-19-2)12-13(18)17(9-3-6-14)10-4-7-15/h3-5,8-12H2,1-2H3. The number of methoxy groups -OCH3 is 1. The van der Waals surface area contributed by atoms with Crippen LogP contribution >= 0.6 is 0 Å². The summed E-state index contributed by atoms with van der Waals surface area (Å²) in [6.45, 7) is 2.54. The summed E-state index contributed by atoms with van der Waals surface area (Å²) in [5, 5.41) is 17.1. The highest BCUT2D eigenvalue weighted by Gasteiger charge is 2.14. The van der Waals surface area contributed by atoms with Crippen LogP contribution in [0.2, 0.25) is 0 Å². The van der Waals surface area contributed by atoms with Gasteiger partial charge in [0, 0.05) is 33.4 Å². The molecule has 19 heavy (non-hydrogen) atoms. The van der Waals surface area contributed by atoms with E-state index in [0.717, 1.165) is 13.0 Å². The summed E-state index contributed by atoms with van der Waals surface area (Å²) in [6.07, 6.45) is 1.46. The van der Waals surface area contributed by atoms with Gasteiger partial charge in [-0.1, -0.05) is 0 Å². The molecule has 0 unspecified atom stereocenters. The Hall–Kier alpha value is -1.63. The number of nitriles is 2. The molecule has 106 valence electrons. The van der Waals surface area contributed by atoms with Gasteiger partial charge >= 0.3 is 0 Å². The molecule has 0 aromatic rings. The number of hydrogen-bond acceptors (Lipinski definition) is 5. The minimum atomic E-state index is -0.0367. The van der Waals surface area contributed by atoms with Gasteiger partial charge in [0.05, 0.1) is 31.5 Å². The number of amides is 1. The normalized spacial score (nSPS) is 9.95. The van der Waals surface area contributed by atoms with E-state index in [9.17, 15) is 4.79 Å². The Balaban J connectivity index is 4.14. The van der Waals surface area contributed by atoms with Crippen molar-refractivity contribution in [2.75, 3.05) is 46.9 Å². The van der Waals surface area contributed by atoms with Gasteiger partial charge in [0.25, 0.3) is 0 Å². The molecule has 0 fully saturated rings. The smallest absolute Gasteiger partial charge is 0.236 e. The van der Waals surface area contributed by atoms with Crippen LogP contribution in [0.1, 0.15) is 19.3 Å². The molecule has 0 rings (SSSR count). The van der Waals surface area contributed by atoms with Gasteiger partial charge in [0.15, 0.2) is 0 Å². The van der Waals surface area contributed by atoms with Gasteiger partial charge in [-0.3, -0.25) is 9.69 Å². The Kier molecular flexibility index (Phi) is 10.5. The fourth-order valence-corrected chi connectivity index (χ4v) is 1.62. The van der Waals surface area contributed by atoms with Crippen molar-refractivity contribution in [2.24, 2.45) is 0 Å². The van der Waals surface area contributed by atoms with Gasteiger partial charge in [-0.25, -0.2) is 0 Å². The number of carbonyl (C=O) groups excluding carboxylic acids is 1. The predicted molar refractivity (Wildman–Crippen MR) is 71.0 cm³/mol. The number of nitrogens with zero attached hydrogens (tertiary/aromatic N) is 4. The molecule has 0 saturated carbocycles. The van der Waals surface area contributed by atoms with Crippen molar-refractivity contribution in [3.05, 3.63) is 0 Å². The second-order valence-corrected chi connectivity index (χ2v) is 4.28. The van der Waals surface area contributed by atoms with Crippen molar-refractivity contribution in [2.45, 2.75) is 19.3 Å². The predicted octanol–water partition coefficient (Wildman–Crippen LogP) is 0.611. The Labute approximate surface area is 115 Å². The lowest BCUT2D eigenvalue weighted by atomic mass is 10.3. The van der Waals surface area contributed by atoms with Gasteiger partial charge in [0.1, 0.15) is 0 Å². The molecule has 0 saturated heterocycles. The third-order valence-corrected chi connectivity index (χ3v) is 2.63. The average Bonchev–Trinajstić information content (AvgIpc) is 2.39. The number of rotatable bonds is 10. The van der Waals surface area contributed by atoms with Crippen LogP contribution in [0.5, 0.6) is 0 Å². The largest absolute Gasteiger partial charge is 0.385 e. The van der Waals surface area contributed by atoms with Crippen LogP contribution < -0.4 is 0 Å². The van der Waals surface area contributed by atoms with E-state index in [1.807, 2.05) is 24.1 Å². The lowest BCUT2D eigenvalue weighted by molar-refractivity contribution is -0.132. The highest BCUT2D eigenvalue weighted by Crippen LogP contribution is 1.98. The number of likely N-dealkylation sites (N-methyl/N-ethyl adjacent to an activating group) is 1. The van der Waals surface area contributed by atoms with Crippen LogP contribution in [0, 0.1) is 22.7 Å². The van der Waals surface area contributed by atoms with Crippen molar-refractivity contribution in [1.82, 2.24) is 9.80 Å². The van der Waals surface area contributed by atoms with E-state index in [1.165, 1.54) is 0 Å². The van der Waals surface area contributed by atoms with E-state index in [2.05, 4.69) is 0 Å². The minimum Gasteiger partial charge on any atom is -0.385 e. The summed E-state index contributed by atoms with van der Waals surface area (Å²) in [5.74, 6) is -0.0367. The molecule has 0 atom stereocenters. The first-order valence-corrected chi connectivity index (χ1v) is 6.34. The van der Waals surface area contributed by atoms with E-state index < -0.39 is 0 Å². The molecule has 6 nitrogen and oxygen atoms in total. The van der Waals surface area contributed by atoms with Crippen molar-refractivity contribution in [3.8, 4) is 12.1 Å². The van der Waals surface area contributed by atoms with Crippen LogP contribution in [0.15, 0.2) is 0 Å².